The lowest BCUT2D eigenvalue weighted by atomic mass is 9.87. The lowest BCUT2D eigenvalue weighted by Gasteiger charge is -2.30. The number of piperidine rings is 1. The number of aliphatic hydroxyl groups excluding tert-OH is 1. The Balaban J connectivity index is 2.08. The minimum absolute atomic E-state index is 0.0879. The predicted molar refractivity (Wildman–Crippen MR) is 90.9 cm³/mol. The van der Waals surface area contributed by atoms with Crippen LogP contribution in [0.1, 0.15) is 53.4 Å². The third-order valence-electron chi connectivity index (χ3n) is 4.25. The Kier molecular flexibility index (Phi) is 8.18. The van der Waals surface area contributed by atoms with E-state index >= 15 is 0 Å². The molecule has 0 spiro atoms. The molecule has 0 aromatic rings. The fraction of sp³-hybridized carbons (Fsp3) is 0.941. The zero-order chi connectivity index (χ0) is 16.6. The normalized spacial score (nSPS) is 21.4. The van der Waals surface area contributed by atoms with Crippen molar-refractivity contribution in [3.63, 3.8) is 0 Å². The van der Waals surface area contributed by atoms with Gasteiger partial charge in [0.2, 0.25) is 0 Å². The number of nitrogens with one attached hydrogen (secondary N) is 2. The number of aliphatic hydroxyl groups is 1. The van der Waals surface area contributed by atoms with Crippen LogP contribution in [0.4, 0.5) is 4.79 Å². The van der Waals surface area contributed by atoms with Gasteiger partial charge >= 0.3 is 6.03 Å². The van der Waals surface area contributed by atoms with Crippen molar-refractivity contribution < 1.29 is 9.90 Å². The summed E-state index contributed by atoms with van der Waals surface area (Å²) in [6.07, 6.45) is 3.98. The fourth-order valence-electron chi connectivity index (χ4n) is 3.25. The van der Waals surface area contributed by atoms with Gasteiger partial charge in [-0.25, -0.2) is 4.79 Å². The van der Waals surface area contributed by atoms with Gasteiger partial charge in [-0.3, -0.25) is 0 Å². The summed E-state index contributed by atoms with van der Waals surface area (Å²) in [5.41, 5.74) is -0.0879. The van der Waals surface area contributed by atoms with Crippen LogP contribution in [0.5, 0.6) is 0 Å². The molecule has 3 N–H and O–H groups in total. The van der Waals surface area contributed by atoms with Crippen LogP contribution in [-0.2, 0) is 0 Å². The van der Waals surface area contributed by atoms with Gasteiger partial charge in [0.15, 0.2) is 0 Å². The van der Waals surface area contributed by atoms with E-state index in [1.807, 2.05) is 0 Å². The molecule has 0 aromatic heterocycles. The number of urea groups is 1. The second-order valence-electron chi connectivity index (χ2n) is 7.73. The van der Waals surface area contributed by atoms with Crippen molar-refractivity contribution in [2.24, 2.45) is 11.3 Å². The Morgan fingerprint density at radius 3 is 2.77 bits per heavy atom. The van der Waals surface area contributed by atoms with E-state index in [9.17, 15) is 9.90 Å². The summed E-state index contributed by atoms with van der Waals surface area (Å²) in [4.78, 5) is 14.3. The quantitative estimate of drug-likeness (QED) is 0.602. The number of likely N-dealkylation sites (tertiary alicyclic amines) is 1. The molecule has 2 amide bonds. The van der Waals surface area contributed by atoms with Crippen LogP contribution in [0.25, 0.3) is 0 Å². The van der Waals surface area contributed by atoms with Gasteiger partial charge in [-0.1, -0.05) is 20.8 Å². The average molecular weight is 313 g/mol. The van der Waals surface area contributed by atoms with Gasteiger partial charge in [0.05, 0.1) is 6.10 Å². The minimum atomic E-state index is -0.341. The van der Waals surface area contributed by atoms with Gasteiger partial charge in [0, 0.05) is 19.6 Å². The molecule has 0 aromatic carbocycles. The van der Waals surface area contributed by atoms with E-state index in [1.54, 1.807) is 6.92 Å². The second-order valence-corrected chi connectivity index (χ2v) is 7.73. The Morgan fingerprint density at radius 1 is 1.41 bits per heavy atom. The van der Waals surface area contributed by atoms with Crippen molar-refractivity contribution in [2.45, 2.75) is 59.5 Å². The molecule has 22 heavy (non-hydrogen) atoms. The molecule has 0 radical (unpaired) electrons. The summed E-state index contributed by atoms with van der Waals surface area (Å²) in [6.45, 7) is 13.0. The van der Waals surface area contributed by atoms with Crippen molar-refractivity contribution in [1.82, 2.24) is 15.5 Å². The van der Waals surface area contributed by atoms with Crippen LogP contribution in [0.2, 0.25) is 0 Å². The molecular formula is C17H35N3O2. The largest absolute Gasteiger partial charge is 0.393 e. The molecule has 2 atom stereocenters. The van der Waals surface area contributed by atoms with E-state index in [-0.39, 0.29) is 17.6 Å². The summed E-state index contributed by atoms with van der Waals surface area (Å²) >= 11 is 0. The number of carbonyl (C=O) groups is 1. The zero-order valence-corrected chi connectivity index (χ0v) is 14.8. The third kappa shape index (κ3) is 8.59. The Bertz CT molecular complexity index is 332. The standard InChI is InChI=1S/C17H35N3O2/c1-14-7-5-9-20(12-14)10-6-8-18-16(22)19-13-17(3,4)11-15(2)21/h14-15,21H,5-13H2,1-4H3,(H2,18,19,22). The summed E-state index contributed by atoms with van der Waals surface area (Å²) in [5, 5.41) is 15.3. The number of hydrogen-bond donors (Lipinski definition) is 3. The van der Waals surface area contributed by atoms with E-state index < -0.39 is 0 Å². The summed E-state index contributed by atoms with van der Waals surface area (Å²) in [7, 11) is 0. The molecule has 130 valence electrons. The molecule has 1 rings (SSSR count). The molecule has 1 aliphatic rings. The third-order valence-corrected chi connectivity index (χ3v) is 4.25. The SMILES string of the molecule is CC(O)CC(C)(C)CNC(=O)NCCCN1CCCC(C)C1. The van der Waals surface area contributed by atoms with Crippen LogP contribution >= 0.6 is 0 Å². The summed E-state index contributed by atoms with van der Waals surface area (Å²) in [6, 6.07) is -0.106. The van der Waals surface area contributed by atoms with Gasteiger partial charge in [-0.2, -0.15) is 0 Å². The zero-order valence-electron chi connectivity index (χ0n) is 14.8. The highest BCUT2D eigenvalue weighted by Gasteiger charge is 2.21. The van der Waals surface area contributed by atoms with Gasteiger partial charge < -0.3 is 20.6 Å². The highest BCUT2D eigenvalue weighted by atomic mass is 16.3. The molecule has 1 heterocycles. The van der Waals surface area contributed by atoms with E-state index in [1.165, 1.54) is 25.9 Å². The Labute approximate surface area is 135 Å². The molecule has 1 fully saturated rings. The molecule has 0 aliphatic carbocycles. The second kappa shape index (κ2) is 9.36. The maximum absolute atomic E-state index is 11.8. The molecular weight excluding hydrogens is 278 g/mol. The first-order chi connectivity index (χ1) is 10.3. The van der Waals surface area contributed by atoms with Crippen molar-refractivity contribution in [2.75, 3.05) is 32.7 Å². The van der Waals surface area contributed by atoms with Crippen molar-refractivity contribution in [3.8, 4) is 0 Å². The number of hydrogen-bond acceptors (Lipinski definition) is 3. The highest BCUT2D eigenvalue weighted by molar-refractivity contribution is 5.73. The lowest BCUT2D eigenvalue weighted by Crippen LogP contribution is -2.42. The van der Waals surface area contributed by atoms with E-state index in [0.29, 0.717) is 19.5 Å². The summed E-state index contributed by atoms with van der Waals surface area (Å²) in [5.74, 6) is 0.807. The maximum Gasteiger partial charge on any atom is 0.314 e. The molecule has 1 saturated heterocycles. The average Bonchev–Trinajstić information content (AvgIpc) is 2.40. The highest BCUT2D eigenvalue weighted by Crippen LogP contribution is 2.20. The van der Waals surface area contributed by atoms with Crippen LogP contribution < -0.4 is 10.6 Å². The van der Waals surface area contributed by atoms with Crippen LogP contribution in [-0.4, -0.2) is 54.9 Å². The van der Waals surface area contributed by atoms with Crippen LogP contribution in [0.3, 0.4) is 0 Å². The number of nitrogens with zero attached hydrogens (tertiary/aromatic N) is 1. The smallest absolute Gasteiger partial charge is 0.314 e. The molecule has 5 heteroatoms. The lowest BCUT2D eigenvalue weighted by molar-refractivity contribution is 0.129. The molecule has 5 nitrogen and oxygen atoms in total. The Hall–Kier alpha value is -0.810. The van der Waals surface area contributed by atoms with E-state index in [0.717, 1.165) is 18.9 Å². The number of carbonyl (C=O) groups excluding carboxylic acids is 1. The van der Waals surface area contributed by atoms with Crippen molar-refractivity contribution in [1.29, 1.82) is 0 Å². The van der Waals surface area contributed by atoms with E-state index in [4.69, 9.17) is 0 Å². The topological polar surface area (TPSA) is 64.6 Å². The van der Waals surface area contributed by atoms with Gasteiger partial charge in [0.25, 0.3) is 0 Å². The predicted octanol–water partition coefficient (Wildman–Crippen LogP) is 2.20. The monoisotopic (exact) mass is 313 g/mol. The van der Waals surface area contributed by atoms with Gasteiger partial charge in [0.1, 0.15) is 0 Å². The van der Waals surface area contributed by atoms with Gasteiger partial charge in [-0.15, -0.1) is 0 Å². The molecule has 2 unspecified atom stereocenters. The van der Waals surface area contributed by atoms with Crippen LogP contribution in [0.15, 0.2) is 0 Å². The first kappa shape index (κ1) is 19.2. The number of rotatable bonds is 8. The molecule has 0 saturated carbocycles. The summed E-state index contributed by atoms with van der Waals surface area (Å²) < 4.78 is 0. The first-order valence-electron chi connectivity index (χ1n) is 8.70. The van der Waals surface area contributed by atoms with Crippen molar-refractivity contribution in [3.05, 3.63) is 0 Å². The first-order valence-corrected chi connectivity index (χ1v) is 8.70. The minimum Gasteiger partial charge on any atom is -0.393 e. The molecule has 0 bridgehead atoms. The Morgan fingerprint density at radius 2 is 2.14 bits per heavy atom. The van der Waals surface area contributed by atoms with Crippen LogP contribution in [0, 0.1) is 11.3 Å². The van der Waals surface area contributed by atoms with Gasteiger partial charge in [-0.05, 0) is 57.0 Å². The fourth-order valence-corrected chi connectivity index (χ4v) is 3.25. The molecule has 1 aliphatic heterocycles. The number of amides is 2. The van der Waals surface area contributed by atoms with E-state index in [2.05, 4.69) is 36.3 Å². The van der Waals surface area contributed by atoms with Crippen molar-refractivity contribution >= 4 is 6.03 Å². The maximum atomic E-state index is 11.8.